The predicted molar refractivity (Wildman–Crippen MR) is 98.9 cm³/mol. The monoisotopic (exact) mass is 409 g/mol. The number of nitrogens with one attached hydrogen (secondary N) is 1. The Labute approximate surface area is 153 Å². The third kappa shape index (κ3) is 3.92. The van der Waals surface area contributed by atoms with Crippen LogP contribution in [-0.4, -0.2) is 19.0 Å². The van der Waals surface area contributed by atoms with Crippen LogP contribution in [0, 0.1) is 11.6 Å². The smallest absolute Gasteiger partial charge is 0.257 e. The van der Waals surface area contributed by atoms with Crippen molar-refractivity contribution in [2.24, 2.45) is 0 Å². The van der Waals surface area contributed by atoms with Crippen LogP contribution in [0.5, 0.6) is 0 Å². The molecule has 4 nitrogen and oxygen atoms in total. The number of hydrogen-bond acceptors (Lipinski definition) is 3. The Morgan fingerprint density at radius 2 is 1.84 bits per heavy atom. The molecule has 1 aliphatic rings. The van der Waals surface area contributed by atoms with Crippen molar-refractivity contribution in [2.45, 2.75) is 19.3 Å². The van der Waals surface area contributed by atoms with E-state index in [9.17, 15) is 13.6 Å². The minimum Gasteiger partial charge on any atom is -0.399 e. The van der Waals surface area contributed by atoms with Gasteiger partial charge in [-0.15, -0.1) is 0 Å². The van der Waals surface area contributed by atoms with Crippen LogP contribution in [0.2, 0.25) is 0 Å². The number of piperidine rings is 1. The van der Waals surface area contributed by atoms with Crippen LogP contribution in [0.3, 0.4) is 0 Å². The quantitative estimate of drug-likeness (QED) is 0.730. The van der Waals surface area contributed by atoms with Crippen molar-refractivity contribution < 1.29 is 13.6 Å². The first-order valence-electron chi connectivity index (χ1n) is 8.06. The number of rotatable bonds is 3. The maximum atomic E-state index is 14.0. The second kappa shape index (κ2) is 7.39. The summed E-state index contributed by atoms with van der Waals surface area (Å²) in [5.74, 6) is -2.05. The number of anilines is 3. The highest BCUT2D eigenvalue weighted by Crippen LogP contribution is 2.30. The van der Waals surface area contributed by atoms with Gasteiger partial charge in [-0.3, -0.25) is 4.79 Å². The van der Waals surface area contributed by atoms with Crippen LogP contribution in [0.15, 0.2) is 34.8 Å². The molecular formula is C18H18BrF2N3O. The molecule has 25 heavy (non-hydrogen) atoms. The highest BCUT2D eigenvalue weighted by atomic mass is 79.9. The Bertz CT molecular complexity index is 784. The van der Waals surface area contributed by atoms with Crippen molar-refractivity contribution in [2.75, 3.05) is 29.0 Å². The number of benzene rings is 2. The van der Waals surface area contributed by atoms with Crippen molar-refractivity contribution >= 4 is 38.9 Å². The predicted octanol–water partition coefficient (Wildman–Crippen LogP) is 4.55. The molecule has 7 heteroatoms. The Hall–Kier alpha value is -2.15. The van der Waals surface area contributed by atoms with Crippen molar-refractivity contribution in [3.63, 3.8) is 0 Å². The van der Waals surface area contributed by atoms with E-state index in [2.05, 4.69) is 26.1 Å². The fourth-order valence-electron chi connectivity index (χ4n) is 2.99. The number of nitrogens with zero attached hydrogens (tertiary/aromatic N) is 1. The molecule has 0 unspecified atom stereocenters. The van der Waals surface area contributed by atoms with Gasteiger partial charge >= 0.3 is 0 Å². The lowest BCUT2D eigenvalue weighted by molar-refractivity contribution is 0.102. The maximum Gasteiger partial charge on any atom is 0.257 e. The molecule has 1 heterocycles. The molecule has 0 radical (unpaired) electrons. The van der Waals surface area contributed by atoms with Crippen molar-refractivity contribution in [3.05, 3.63) is 52.0 Å². The fraction of sp³-hybridized carbons (Fsp3) is 0.278. The van der Waals surface area contributed by atoms with Gasteiger partial charge in [0.25, 0.3) is 5.91 Å². The van der Waals surface area contributed by atoms with E-state index in [4.69, 9.17) is 5.73 Å². The summed E-state index contributed by atoms with van der Waals surface area (Å²) < 4.78 is 27.4. The number of carbonyl (C=O) groups is 1. The molecule has 1 saturated heterocycles. The number of hydrogen-bond donors (Lipinski definition) is 2. The van der Waals surface area contributed by atoms with E-state index in [-0.39, 0.29) is 10.2 Å². The molecule has 0 spiro atoms. The minimum atomic E-state index is -0.844. The number of nitrogens with two attached hydrogens (primary N) is 1. The van der Waals surface area contributed by atoms with E-state index in [1.54, 1.807) is 12.1 Å². The first-order chi connectivity index (χ1) is 12.0. The van der Waals surface area contributed by atoms with Crippen LogP contribution >= 0.6 is 15.9 Å². The molecule has 0 bridgehead atoms. The zero-order chi connectivity index (χ0) is 18.0. The third-order valence-electron chi connectivity index (χ3n) is 4.21. The molecule has 0 aliphatic carbocycles. The second-order valence-electron chi connectivity index (χ2n) is 6.02. The van der Waals surface area contributed by atoms with Crippen molar-refractivity contribution in [3.8, 4) is 0 Å². The van der Waals surface area contributed by atoms with Crippen LogP contribution in [0.1, 0.15) is 29.6 Å². The molecule has 1 aliphatic heterocycles. The van der Waals surface area contributed by atoms with Gasteiger partial charge in [-0.1, -0.05) is 0 Å². The molecule has 3 N–H and O–H groups in total. The molecule has 1 fully saturated rings. The normalized spacial score (nSPS) is 14.4. The Morgan fingerprint density at radius 1 is 1.12 bits per heavy atom. The lowest BCUT2D eigenvalue weighted by Crippen LogP contribution is -2.31. The second-order valence-corrected chi connectivity index (χ2v) is 6.88. The van der Waals surface area contributed by atoms with Gasteiger partial charge in [0.05, 0.1) is 11.3 Å². The Balaban J connectivity index is 1.93. The number of halogens is 3. The SMILES string of the molecule is Nc1ccc(N2CCCCC2)c(C(=O)Nc2c(F)cc(F)cc2Br)c1. The zero-order valence-electron chi connectivity index (χ0n) is 13.5. The van der Waals surface area contributed by atoms with Gasteiger partial charge in [-0.05, 0) is 59.5 Å². The lowest BCUT2D eigenvalue weighted by atomic mass is 10.1. The van der Waals surface area contributed by atoms with E-state index in [1.807, 2.05) is 6.07 Å². The fourth-order valence-corrected chi connectivity index (χ4v) is 3.50. The van der Waals surface area contributed by atoms with Crippen LogP contribution in [0.4, 0.5) is 25.8 Å². The topological polar surface area (TPSA) is 58.4 Å². The molecule has 3 rings (SSSR count). The molecule has 0 atom stereocenters. The van der Waals surface area contributed by atoms with Gasteiger partial charge < -0.3 is 16.0 Å². The minimum absolute atomic E-state index is 0.0987. The van der Waals surface area contributed by atoms with Crippen molar-refractivity contribution in [1.82, 2.24) is 0 Å². The summed E-state index contributed by atoms with van der Waals surface area (Å²) in [7, 11) is 0. The molecule has 2 aromatic carbocycles. The van der Waals surface area contributed by atoms with E-state index >= 15 is 0 Å². The Kier molecular flexibility index (Phi) is 5.22. The summed E-state index contributed by atoms with van der Waals surface area (Å²) in [6.45, 7) is 1.72. The van der Waals surface area contributed by atoms with Crippen LogP contribution < -0.4 is 16.0 Å². The zero-order valence-corrected chi connectivity index (χ0v) is 15.1. The van der Waals surface area contributed by atoms with Crippen LogP contribution in [-0.2, 0) is 0 Å². The first kappa shape index (κ1) is 17.7. The number of nitrogen functional groups attached to an aromatic ring is 1. The molecule has 2 aromatic rings. The lowest BCUT2D eigenvalue weighted by Gasteiger charge is -2.30. The molecular weight excluding hydrogens is 392 g/mol. The summed E-state index contributed by atoms with van der Waals surface area (Å²) in [5, 5.41) is 2.52. The summed E-state index contributed by atoms with van der Waals surface area (Å²) in [6, 6.07) is 6.96. The maximum absolute atomic E-state index is 14.0. The average Bonchev–Trinajstić information content (AvgIpc) is 2.58. The molecule has 132 valence electrons. The van der Waals surface area contributed by atoms with Gasteiger partial charge in [0.15, 0.2) is 5.82 Å². The highest BCUT2D eigenvalue weighted by Gasteiger charge is 2.21. The van der Waals surface area contributed by atoms with E-state index in [0.717, 1.165) is 43.8 Å². The summed E-state index contributed by atoms with van der Waals surface area (Å²) in [5.41, 5.74) is 7.33. The number of carbonyl (C=O) groups excluding carboxylic acids is 1. The highest BCUT2D eigenvalue weighted by molar-refractivity contribution is 9.10. The van der Waals surface area contributed by atoms with E-state index < -0.39 is 17.5 Å². The molecule has 1 amide bonds. The van der Waals surface area contributed by atoms with Gasteiger partial charge in [0.1, 0.15) is 5.82 Å². The Morgan fingerprint density at radius 3 is 2.52 bits per heavy atom. The summed E-state index contributed by atoms with van der Waals surface area (Å²) in [4.78, 5) is 14.9. The first-order valence-corrected chi connectivity index (χ1v) is 8.85. The van der Waals surface area contributed by atoms with Crippen molar-refractivity contribution in [1.29, 1.82) is 0 Å². The van der Waals surface area contributed by atoms with Gasteiger partial charge in [-0.2, -0.15) is 0 Å². The van der Waals surface area contributed by atoms with Gasteiger partial charge in [-0.25, -0.2) is 8.78 Å². The van der Waals surface area contributed by atoms with E-state index in [1.165, 1.54) is 6.42 Å². The summed E-state index contributed by atoms with van der Waals surface area (Å²) >= 11 is 3.08. The van der Waals surface area contributed by atoms with Gasteiger partial charge in [0.2, 0.25) is 0 Å². The van der Waals surface area contributed by atoms with Crippen LogP contribution in [0.25, 0.3) is 0 Å². The molecule has 0 saturated carbocycles. The standard InChI is InChI=1S/C18H18BrF2N3O/c19-14-8-11(20)9-15(21)17(14)23-18(25)13-10-12(22)4-5-16(13)24-6-2-1-3-7-24/h4-5,8-10H,1-3,6-7,22H2,(H,23,25). The largest absolute Gasteiger partial charge is 0.399 e. The number of amides is 1. The van der Waals surface area contributed by atoms with E-state index in [0.29, 0.717) is 11.3 Å². The van der Waals surface area contributed by atoms with Gasteiger partial charge in [0, 0.05) is 35.0 Å². The third-order valence-corrected chi connectivity index (χ3v) is 4.83. The molecule has 0 aromatic heterocycles. The summed E-state index contributed by atoms with van der Waals surface area (Å²) in [6.07, 6.45) is 3.29. The average molecular weight is 410 g/mol.